The molecular formula is C9H6FNO3. The summed E-state index contributed by atoms with van der Waals surface area (Å²) in [7, 11) is 0. The smallest absolute Gasteiger partial charge is 0.261 e. The normalized spacial score (nSPS) is 20.3. The lowest BCUT2D eigenvalue weighted by atomic mass is 9.99. The fraction of sp³-hybridized carbons (Fsp3) is 0.111. The number of hydrogen-bond donors (Lipinski definition) is 2. The summed E-state index contributed by atoms with van der Waals surface area (Å²) in [5, 5.41) is 11.4. The maximum Gasteiger partial charge on any atom is 0.261 e. The zero-order valence-corrected chi connectivity index (χ0v) is 6.95. The number of aliphatic hydroxyl groups is 1. The molecule has 0 bridgehead atoms. The van der Waals surface area contributed by atoms with Gasteiger partial charge in [0.15, 0.2) is 6.10 Å². The molecule has 72 valence electrons. The zero-order valence-electron chi connectivity index (χ0n) is 6.95. The van der Waals surface area contributed by atoms with Gasteiger partial charge in [-0.1, -0.05) is 0 Å². The minimum absolute atomic E-state index is 0.00269. The molecule has 1 aliphatic rings. The Kier molecular flexibility index (Phi) is 1.82. The molecule has 0 spiro atoms. The fourth-order valence-corrected chi connectivity index (χ4v) is 1.30. The van der Waals surface area contributed by atoms with Crippen LogP contribution in [0.3, 0.4) is 0 Å². The van der Waals surface area contributed by atoms with Gasteiger partial charge in [0.1, 0.15) is 5.82 Å². The van der Waals surface area contributed by atoms with E-state index in [0.29, 0.717) is 0 Å². The number of benzene rings is 1. The number of Topliss-reactive ketones (excluding diaryl/α,β-unsaturated/α-hetero) is 1. The first kappa shape index (κ1) is 8.83. The molecular weight excluding hydrogens is 189 g/mol. The van der Waals surface area contributed by atoms with Gasteiger partial charge in [-0.2, -0.15) is 0 Å². The van der Waals surface area contributed by atoms with Crippen LogP contribution in [0.25, 0.3) is 0 Å². The lowest BCUT2D eigenvalue weighted by Crippen LogP contribution is -2.39. The van der Waals surface area contributed by atoms with Crippen molar-refractivity contribution < 1.29 is 19.1 Å². The average Bonchev–Trinajstić information content (AvgIpc) is 2.16. The van der Waals surface area contributed by atoms with E-state index >= 15 is 0 Å². The minimum Gasteiger partial charge on any atom is -0.376 e. The number of hydrogen-bond acceptors (Lipinski definition) is 3. The maximum atomic E-state index is 12.7. The van der Waals surface area contributed by atoms with E-state index in [-0.39, 0.29) is 11.3 Å². The highest BCUT2D eigenvalue weighted by molar-refractivity contribution is 6.22. The van der Waals surface area contributed by atoms with Gasteiger partial charge in [-0.25, -0.2) is 4.39 Å². The highest BCUT2D eigenvalue weighted by atomic mass is 19.1. The van der Waals surface area contributed by atoms with Gasteiger partial charge in [0.05, 0.1) is 5.69 Å². The molecule has 1 heterocycles. The number of rotatable bonds is 0. The fourth-order valence-electron chi connectivity index (χ4n) is 1.30. The van der Waals surface area contributed by atoms with E-state index in [1.54, 1.807) is 0 Å². The van der Waals surface area contributed by atoms with Crippen LogP contribution in [-0.4, -0.2) is 22.9 Å². The predicted molar refractivity (Wildman–Crippen MR) is 45.4 cm³/mol. The number of nitrogens with one attached hydrogen (secondary N) is 1. The van der Waals surface area contributed by atoms with E-state index in [1.807, 2.05) is 0 Å². The second-order valence-corrected chi connectivity index (χ2v) is 2.95. The average molecular weight is 195 g/mol. The van der Waals surface area contributed by atoms with Crippen molar-refractivity contribution in [2.75, 3.05) is 5.32 Å². The molecule has 1 unspecified atom stereocenters. The second-order valence-electron chi connectivity index (χ2n) is 2.95. The van der Waals surface area contributed by atoms with Crippen molar-refractivity contribution >= 4 is 17.4 Å². The molecule has 14 heavy (non-hydrogen) atoms. The second kappa shape index (κ2) is 2.88. The Morgan fingerprint density at radius 3 is 2.79 bits per heavy atom. The summed E-state index contributed by atoms with van der Waals surface area (Å²) in [5.74, 6) is -2.14. The molecule has 0 saturated heterocycles. The van der Waals surface area contributed by atoms with Crippen molar-refractivity contribution in [1.82, 2.24) is 0 Å². The van der Waals surface area contributed by atoms with Crippen molar-refractivity contribution in [1.29, 1.82) is 0 Å². The molecule has 0 radical (unpaired) electrons. The molecule has 0 saturated carbocycles. The van der Waals surface area contributed by atoms with Crippen LogP contribution in [-0.2, 0) is 4.79 Å². The molecule has 5 heteroatoms. The summed E-state index contributed by atoms with van der Waals surface area (Å²) in [5.41, 5.74) is 0.226. The summed E-state index contributed by atoms with van der Waals surface area (Å²) < 4.78 is 12.7. The molecule has 1 aromatic rings. The van der Waals surface area contributed by atoms with Gasteiger partial charge in [0.25, 0.3) is 5.91 Å². The number of halogens is 1. The van der Waals surface area contributed by atoms with Crippen molar-refractivity contribution in [2.45, 2.75) is 6.10 Å². The van der Waals surface area contributed by atoms with Crippen LogP contribution in [0.1, 0.15) is 10.4 Å². The number of carbonyl (C=O) groups is 2. The molecule has 0 fully saturated rings. The summed E-state index contributed by atoms with van der Waals surface area (Å²) in [6.45, 7) is 0. The van der Waals surface area contributed by atoms with Gasteiger partial charge in [-0.3, -0.25) is 9.59 Å². The molecule has 0 aliphatic carbocycles. The van der Waals surface area contributed by atoms with Crippen molar-refractivity contribution in [3.05, 3.63) is 29.6 Å². The van der Waals surface area contributed by atoms with Crippen LogP contribution in [0.2, 0.25) is 0 Å². The summed E-state index contributed by atoms with van der Waals surface area (Å²) in [6.07, 6.45) is -1.73. The van der Waals surface area contributed by atoms with Crippen LogP contribution < -0.4 is 5.32 Å². The third kappa shape index (κ3) is 1.18. The van der Waals surface area contributed by atoms with Crippen LogP contribution in [0.5, 0.6) is 0 Å². The SMILES string of the molecule is O=C1Nc2ccc(F)cc2C(=O)C1O. The van der Waals surface area contributed by atoms with Gasteiger partial charge >= 0.3 is 0 Å². The lowest BCUT2D eigenvalue weighted by Gasteiger charge is -2.19. The van der Waals surface area contributed by atoms with E-state index in [0.717, 1.165) is 12.1 Å². The summed E-state index contributed by atoms with van der Waals surface area (Å²) >= 11 is 0. The highest BCUT2D eigenvalue weighted by Crippen LogP contribution is 2.23. The maximum absolute atomic E-state index is 12.7. The van der Waals surface area contributed by atoms with Crippen LogP contribution in [0.4, 0.5) is 10.1 Å². The van der Waals surface area contributed by atoms with Gasteiger partial charge in [0, 0.05) is 5.56 Å². The van der Waals surface area contributed by atoms with E-state index in [2.05, 4.69) is 5.32 Å². The number of anilines is 1. The number of amides is 1. The molecule has 1 aliphatic heterocycles. The highest BCUT2D eigenvalue weighted by Gasteiger charge is 2.32. The topological polar surface area (TPSA) is 66.4 Å². The minimum atomic E-state index is -1.73. The van der Waals surface area contributed by atoms with Crippen LogP contribution >= 0.6 is 0 Å². The molecule has 0 aromatic heterocycles. The summed E-state index contributed by atoms with van der Waals surface area (Å²) in [4.78, 5) is 22.3. The molecule has 2 N–H and O–H groups in total. The molecule has 1 atom stereocenters. The van der Waals surface area contributed by atoms with Gasteiger partial charge in [-0.15, -0.1) is 0 Å². The van der Waals surface area contributed by atoms with Crippen LogP contribution in [0, 0.1) is 5.82 Å². The Bertz CT molecular complexity index is 430. The number of fused-ring (bicyclic) bond motifs is 1. The Morgan fingerprint density at radius 2 is 2.07 bits per heavy atom. The van der Waals surface area contributed by atoms with E-state index in [9.17, 15) is 14.0 Å². The molecule has 4 nitrogen and oxygen atoms in total. The number of aliphatic hydroxyl groups excluding tert-OH is 1. The number of carbonyl (C=O) groups excluding carboxylic acids is 2. The Hall–Kier alpha value is -1.75. The Balaban J connectivity index is 2.57. The predicted octanol–water partition coefficient (Wildman–Crippen LogP) is 0.321. The quantitative estimate of drug-likeness (QED) is 0.586. The van der Waals surface area contributed by atoms with E-state index < -0.39 is 23.6 Å². The monoisotopic (exact) mass is 195 g/mol. The first-order chi connectivity index (χ1) is 6.59. The van der Waals surface area contributed by atoms with E-state index in [1.165, 1.54) is 6.07 Å². The molecule has 1 amide bonds. The third-order valence-corrected chi connectivity index (χ3v) is 2.00. The first-order valence-corrected chi connectivity index (χ1v) is 3.92. The van der Waals surface area contributed by atoms with Gasteiger partial charge in [-0.05, 0) is 18.2 Å². The van der Waals surface area contributed by atoms with E-state index in [4.69, 9.17) is 5.11 Å². The molecule has 2 rings (SSSR count). The van der Waals surface area contributed by atoms with Gasteiger partial charge in [0.2, 0.25) is 5.78 Å². The Labute approximate surface area is 78.4 Å². The standard InChI is InChI=1S/C9H6FNO3/c10-4-1-2-6-5(3-4)7(12)8(13)9(14)11-6/h1-3,8,13H,(H,11,14). The largest absolute Gasteiger partial charge is 0.376 e. The van der Waals surface area contributed by atoms with Crippen molar-refractivity contribution in [3.8, 4) is 0 Å². The first-order valence-electron chi connectivity index (χ1n) is 3.92. The zero-order chi connectivity index (χ0) is 10.3. The van der Waals surface area contributed by atoms with Crippen molar-refractivity contribution in [2.24, 2.45) is 0 Å². The number of ketones is 1. The van der Waals surface area contributed by atoms with Crippen LogP contribution in [0.15, 0.2) is 18.2 Å². The van der Waals surface area contributed by atoms with Gasteiger partial charge < -0.3 is 10.4 Å². The molecule has 1 aromatic carbocycles. The third-order valence-electron chi connectivity index (χ3n) is 2.00. The van der Waals surface area contributed by atoms with Crippen molar-refractivity contribution in [3.63, 3.8) is 0 Å². The summed E-state index contributed by atoms with van der Waals surface area (Å²) in [6, 6.07) is 3.40. The lowest BCUT2D eigenvalue weighted by molar-refractivity contribution is -0.122. The Morgan fingerprint density at radius 1 is 1.36 bits per heavy atom.